The van der Waals surface area contributed by atoms with E-state index in [2.05, 4.69) is 15.3 Å². The van der Waals surface area contributed by atoms with Crippen LogP contribution < -0.4 is 19.4 Å². The van der Waals surface area contributed by atoms with Crippen molar-refractivity contribution < 1.29 is 23.9 Å². The molecule has 0 saturated carbocycles. The number of amides is 1. The Balaban J connectivity index is 0.998. The number of halogens is 2. The van der Waals surface area contributed by atoms with Crippen LogP contribution in [0.3, 0.4) is 0 Å². The van der Waals surface area contributed by atoms with Crippen LogP contribution in [0.2, 0.25) is 10.0 Å². The minimum absolute atomic E-state index is 0.170. The van der Waals surface area contributed by atoms with Gasteiger partial charge in [-0.3, -0.25) is 19.5 Å². The summed E-state index contributed by atoms with van der Waals surface area (Å²) in [6.45, 7) is 0.170. The lowest BCUT2D eigenvalue weighted by Crippen LogP contribution is -2.27. The number of ketones is 1. The van der Waals surface area contributed by atoms with E-state index in [0.29, 0.717) is 55.4 Å². The van der Waals surface area contributed by atoms with E-state index in [1.165, 1.54) is 12.0 Å². The number of methoxy groups -OCH3 is 2. The fourth-order valence-electron chi connectivity index (χ4n) is 7.93. The topological polar surface area (TPSA) is 118 Å². The molecule has 1 aliphatic carbocycles. The number of ether oxygens (including phenoxy) is 2. The van der Waals surface area contributed by atoms with Gasteiger partial charge in [0.05, 0.1) is 52.6 Å². The fraction of sp³-hybridized carbons (Fsp3) is 0.0980. The van der Waals surface area contributed by atoms with Crippen LogP contribution in [0.1, 0.15) is 31.8 Å². The van der Waals surface area contributed by atoms with Crippen molar-refractivity contribution in [2.24, 2.45) is 20.5 Å². The first-order valence-electron chi connectivity index (χ1n) is 20.1. The second-order valence-corrected chi connectivity index (χ2v) is 15.7. The molecule has 316 valence electrons. The van der Waals surface area contributed by atoms with Crippen molar-refractivity contribution in [3.63, 3.8) is 0 Å². The number of anilines is 2. The maximum atomic E-state index is 14.0. The zero-order valence-corrected chi connectivity index (χ0v) is 36.6. The summed E-state index contributed by atoms with van der Waals surface area (Å²) >= 11 is 12.9. The Labute approximate surface area is 378 Å². The molecule has 0 unspecified atom stereocenters. The highest BCUT2D eigenvalue weighted by Crippen LogP contribution is 2.45. The summed E-state index contributed by atoms with van der Waals surface area (Å²) in [6, 6.07) is 44.5. The van der Waals surface area contributed by atoms with Crippen LogP contribution in [0.4, 0.5) is 34.1 Å². The SMILES string of the molecule is COc1c(CON(C)c2ccccc2Cl)cc2ccccc2c1N=Nc1ccc2c(c1)C(=O)c1cc(N=Nc3c(OC)c(C(=O)N(C)c4ccccc4Cl)cc4ccccc34)ccc1-2. The van der Waals surface area contributed by atoms with Crippen molar-refractivity contribution in [3.8, 4) is 22.6 Å². The molecule has 0 radical (unpaired) electrons. The number of hydrogen-bond acceptors (Lipinski definition) is 10. The molecule has 13 heteroatoms. The first-order chi connectivity index (χ1) is 31.1. The summed E-state index contributed by atoms with van der Waals surface area (Å²) in [5.74, 6) is 0.248. The van der Waals surface area contributed by atoms with Gasteiger partial charge in [-0.2, -0.15) is 10.2 Å². The maximum Gasteiger partial charge on any atom is 0.261 e. The first-order valence-corrected chi connectivity index (χ1v) is 20.9. The molecule has 0 bridgehead atoms. The third-order valence-corrected chi connectivity index (χ3v) is 11.7. The predicted molar refractivity (Wildman–Crippen MR) is 253 cm³/mol. The minimum Gasteiger partial charge on any atom is -0.494 e. The van der Waals surface area contributed by atoms with Crippen LogP contribution in [0.15, 0.2) is 166 Å². The van der Waals surface area contributed by atoms with Crippen molar-refractivity contribution in [3.05, 3.63) is 178 Å². The third-order valence-electron chi connectivity index (χ3n) is 11.1. The number of benzene rings is 8. The Hall–Kier alpha value is -7.44. The van der Waals surface area contributed by atoms with Crippen LogP contribution in [-0.2, 0) is 11.4 Å². The standard InChI is InChI=1S/C51H38Cl2N6O5/c1-58(44-19-11-9-17-42(44)52)51(61)41-26-31-14-6-8-16-36(31)47(50(41)63-4)57-55-34-22-24-38-37-23-21-33(27-39(37)48(60)40(38)28-34)54-56-46-35-15-7-5-13-30(35)25-32(49(46)62-3)29-64-59(2)45-20-12-10-18-43(45)53/h5-28H,29H2,1-4H3. The number of fused-ring (bicyclic) bond motifs is 5. The molecular weight excluding hydrogens is 848 g/mol. The van der Waals surface area contributed by atoms with Crippen LogP contribution in [-0.4, -0.2) is 40.0 Å². The molecular formula is C51H38Cl2N6O5. The molecule has 0 spiro atoms. The summed E-state index contributed by atoms with van der Waals surface area (Å²) in [4.78, 5) is 35.7. The average molecular weight is 886 g/mol. The molecule has 8 aromatic rings. The smallest absolute Gasteiger partial charge is 0.261 e. The number of carbonyl (C=O) groups excluding carboxylic acids is 2. The van der Waals surface area contributed by atoms with E-state index < -0.39 is 0 Å². The van der Waals surface area contributed by atoms with E-state index in [1.807, 2.05) is 97.1 Å². The van der Waals surface area contributed by atoms with E-state index in [9.17, 15) is 9.59 Å². The lowest BCUT2D eigenvalue weighted by Gasteiger charge is -2.21. The summed E-state index contributed by atoms with van der Waals surface area (Å²) in [5.41, 5.74) is 6.64. The van der Waals surface area contributed by atoms with Gasteiger partial charge in [-0.25, -0.2) is 0 Å². The second-order valence-electron chi connectivity index (χ2n) is 14.9. The summed E-state index contributed by atoms with van der Waals surface area (Å²) in [5, 5.41) is 24.5. The van der Waals surface area contributed by atoms with Crippen LogP contribution in [0.25, 0.3) is 32.7 Å². The van der Waals surface area contributed by atoms with E-state index in [1.54, 1.807) is 74.8 Å². The van der Waals surface area contributed by atoms with E-state index >= 15 is 0 Å². The predicted octanol–water partition coefficient (Wildman–Crippen LogP) is 14.2. The monoisotopic (exact) mass is 884 g/mol. The highest BCUT2D eigenvalue weighted by molar-refractivity contribution is 6.34. The summed E-state index contributed by atoms with van der Waals surface area (Å²) in [7, 11) is 6.53. The van der Waals surface area contributed by atoms with Gasteiger partial charge in [0.15, 0.2) is 17.3 Å². The van der Waals surface area contributed by atoms with Gasteiger partial charge in [-0.15, -0.1) is 10.2 Å². The van der Waals surface area contributed by atoms with Crippen molar-refractivity contribution in [1.82, 2.24) is 0 Å². The second kappa shape index (κ2) is 17.7. The zero-order valence-electron chi connectivity index (χ0n) is 35.0. The van der Waals surface area contributed by atoms with E-state index in [4.69, 9.17) is 42.6 Å². The van der Waals surface area contributed by atoms with Crippen molar-refractivity contribution in [2.75, 3.05) is 38.3 Å². The van der Waals surface area contributed by atoms with Gasteiger partial charge in [0.25, 0.3) is 5.91 Å². The Morgan fingerprint density at radius 1 is 0.562 bits per heavy atom. The highest BCUT2D eigenvalue weighted by atomic mass is 35.5. The Morgan fingerprint density at radius 2 is 1.06 bits per heavy atom. The van der Waals surface area contributed by atoms with Gasteiger partial charge in [-0.1, -0.05) is 108 Å². The fourth-order valence-corrected chi connectivity index (χ4v) is 8.44. The summed E-state index contributed by atoms with van der Waals surface area (Å²) in [6.07, 6.45) is 0. The number of para-hydroxylation sites is 2. The van der Waals surface area contributed by atoms with Crippen molar-refractivity contribution >= 4 is 90.6 Å². The van der Waals surface area contributed by atoms with Gasteiger partial charge in [0.2, 0.25) is 0 Å². The molecule has 64 heavy (non-hydrogen) atoms. The van der Waals surface area contributed by atoms with E-state index in [0.717, 1.165) is 43.9 Å². The minimum atomic E-state index is -0.337. The molecule has 0 heterocycles. The lowest BCUT2D eigenvalue weighted by atomic mass is 10.0. The normalized spacial score (nSPS) is 12.0. The first kappa shape index (κ1) is 41.9. The average Bonchev–Trinajstić information content (AvgIpc) is 3.60. The summed E-state index contributed by atoms with van der Waals surface area (Å²) < 4.78 is 11.8. The van der Waals surface area contributed by atoms with Gasteiger partial charge < -0.3 is 14.4 Å². The maximum absolute atomic E-state index is 14.0. The van der Waals surface area contributed by atoms with Gasteiger partial charge >= 0.3 is 0 Å². The van der Waals surface area contributed by atoms with Crippen LogP contribution >= 0.6 is 23.2 Å². The Kier molecular flexibility index (Phi) is 11.6. The lowest BCUT2D eigenvalue weighted by molar-refractivity contribution is 0.0989. The third kappa shape index (κ3) is 7.81. The molecule has 8 aromatic carbocycles. The number of hydrogen-bond donors (Lipinski definition) is 0. The van der Waals surface area contributed by atoms with E-state index in [-0.39, 0.29) is 29.6 Å². The number of hydroxylamine groups is 1. The van der Waals surface area contributed by atoms with Gasteiger partial charge in [0, 0.05) is 41.6 Å². The molecule has 0 aliphatic heterocycles. The molecule has 0 fully saturated rings. The largest absolute Gasteiger partial charge is 0.494 e. The quantitative estimate of drug-likeness (QED) is 0.0890. The number of nitrogens with zero attached hydrogens (tertiary/aromatic N) is 6. The molecule has 0 atom stereocenters. The Morgan fingerprint density at radius 3 is 1.62 bits per heavy atom. The molecule has 1 aliphatic rings. The number of carbonyl (C=O) groups is 2. The molecule has 1 amide bonds. The highest BCUT2D eigenvalue weighted by Gasteiger charge is 2.28. The van der Waals surface area contributed by atoms with Crippen LogP contribution in [0, 0.1) is 0 Å². The number of azo groups is 2. The van der Waals surface area contributed by atoms with Crippen LogP contribution in [0.5, 0.6) is 11.5 Å². The van der Waals surface area contributed by atoms with Gasteiger partial charge in [-0.05, 0) is 82.6 Å². The molecule has 0 aromatic heterocycles. The molecule has 0 saturated heterocycles. The molecule has 9 rings (SSSR count). The Bertz CT molecular complexity index is 3230. The molecule has 0 N–H and O–H groups in total. The van der Waals surface area contributed by atoms with Gasteiger partial charge in [0.1, 0.15) is 18.0 Å². The van der Waals surface area contributed by atoms with Crippen molar-refractivity contribution in [1.29, 1.82) is 0 Å². The molecule has 11 nitrogen and oxygen atoms in total. The van der Waals surface area contributed by atoms with Crippen molar-refractivity contribution in [2.45, 2.75) is 6.61 Å². The number of rotatable bonds is 12. The zero-order chi connectivity index (χ0) is 44.5.